The third-order valence-corrected chi connectivity index (χ3v) is 4.39. The monoisotopic (exact) mass is 358 g/mol. The summed E-state index contributed by atoms with van der Waals surface area (Å²) in [5.41, 5.74) is 7.56. The summed E-state index contributed by atoms with van der Waals surface area (Å²) in [6, 6.07) is 0.539. The van der Waals surface area contributed by atoms with Crippen LogP contribution < -0.4 is 20.7 Å². The Hall–Kier alpha value is -2.64. The fraction of sp³-hybridized carbons (Fsp3) is 0.556. The number of hydrogen-bond acceptors (Lipinski definition) is 7. The van der Waals surface area contributed by atoms with Crippen LogP contribution in [0.2, 0.25) is 0 Å². The van der Waals surface area contributed by atoms with E-state index >= 15 is 0 Å². The maximum Gasteiger partial charge on any atom is 0.320 e. The fourth-order valence-corrected chi connectivity index (χ4v) is 3.03. The summed E-state index contributed by atoms with van der Waals surface area (Å²) in [6.45, 7) is 6.89. The topological polar surface area (TPSA) is 106 Å². The van der Waals surface area contributed by atoms with Crippen LogP contribution >= 0.6 is 0 Å². The Morgan fingerprint density at radius 1 is 1.46 bits per heavy atom. The van der Waals surface area contributed by atoms with Crippen molar-refractivity contribution in [2.45, 2.75) is 52.2 Å². The molecule has 3 rings (SSSR count). The first-order valence-corrected chi connectivity index (χ1v) is 9.07. The van der Waals surface area contributed by atoms with Gasteiger partial charge in [-0.3, -0.25) is 9.79 Å². The molecule has 0 radical (unpaired) electrons. The Labute approximate surface area is 153 Å². The number of hydrogen-bond donors (Lipinski definition) is 2. The van der Waals surface area contributed by atoms with Crippen molar-refractivity contribution < 1.29 is 9.53 Å². The van der Waals surface area contributed by atoms with Gasteiger partial charge in [-0.1, -0.05) is 19.4 Å². The Bertz CT molecular complexity index is 745. The number of rotatable bonds is 6. The maximum atomic E-state index is 12.1. The highest BCUT2D eigenvalue weighted by Crippen LogP contribution is 2.34. The number of ether oxygens (including phenoxy) is 1. The van der Waals surface area contributed by atoms with Gasteiger partial charge in [-0.15, -0.1) is 0 Å². The average Bonchev–Trinajstić information content (AvgIpc) is 2.58. The summed E-state index contributed by atoms with van der Waals surface area (Å²) >= 11 is 0. The molecule has 0 spiro atoms. The maximum absolute atomic E-state index is 12.1. The zero-order valence-electron chi connectivity index (χ0n) is 15.5. The molecule has 2 atom stereocenters. The number of carbonyl (C=O) groups is 1. The van der Waals surface area contributed by atoms with Crippen molar-refractivity contribution in [3.05, 3.63) is 11.6 Å². The number of carbonyl (C=O) groups excluding carboxylic acids is 1. The molecule has 0 aromatic carbocycles. The number of nitrogens with one attached hydrogen (secondary N) is 1. The normalized spacial score (nSPS) is 20.3. The van der Waals surface area contributed by atoms with Gasteiger partial charge in [0.15, 0.2) is 11.6 Å². The molecule has 0 bridgehead atoms. The van der Waals surface area contributed by atoms with E-state index in [1.165, 1.54) is 0 Å². The van der Waals surface area contributed by atoms with E-state index in [-0.39, 0.29) is 30.4 Å². The Morgan fingerprint density at radius 3 is 2.96 bits per heavy atom. The minimum atomic E-state index is -0.137. The Morgan fingerprint density at radius 2 is 2.27 bits per heavy atom. The first kappa shape index (κ1) is 18.2. The fourth-order valence-electron chi connectivity index (χ4n) is 3.03. The summed E-state index contributed by atoms with van der Waals surface area (Å²) < 4.78 is 5.80. The molecule has 2 aliphatic heterocycles. The zero-order chi connectivity index (χ0) is 18.7. The van der Waals surface area contributed by atoms with Crippen LogP contribution in [0.5, 0.6) is 6.01 Å². The number of nitrogen functional groups attached to an aromatic ring is 1. The van der Waals surface area contributed by atoms with Gasteiger partial charge in [0.05, 0.1) is 18.7 Å². The molecule has 2 unspecified atom stereocenters. The van der Waals surface area contributed by atoms with E-state index in [1.807, 2.05) is 18.0 Å². The van der Waals surface area contributed by atoms with Gasteiger partial charge in [0.25, 0.3) is 0 Å². The molecule has 26 heavy (non-hydrogen) atoms. The number of dihydropyridines is 1. The summed E-state index contributed by atoms with van der Waals surface area (Å²) in [4.78, 5) is 27.1. The smallest absolute Gasteiger partial charge is 0.320 e. The summed E-state index contributed by atoms with van der Waals surface area (Å²) in [5, 5.41) is 2.77. The van der Waals surface area contributed by atoms with Gasteiger partial charge in [-0.2, -0.15) is 9.97 Å². The van der Waals surface area contributed by atoms with Crippen molar-refractivity contribution in [2.24, 2.45) is 4.99 Å². The van der Waals surface area contributed by atoms with Gasteiger partial charge in [-0.05, 0) is 32.3 Å². The third kappa shape index (κ3) is 4.12. The van der Waals surface area contributed by atoms with Crippen LogP contribution in [0.4, 0.5) is 17.3 Å². The van der Waals surface area contributed by atoms with E-state index in [0.717, 1.165) is 24.8 Å². The molecule has 140 valence electrons. The molecule has 1 aromatic rings. The van der Waals surface area contributed by atoms with Crippen LogP contribution in [0.1, 0.15) is 40.0 Å². The van der Waals surface area contributed by atoms with Gasteiger partial charge in [0, 0.05) is 12.8 Å². The van der Waals surface area contributed by atoms with Crippen molar-refractivity contribution >= 4 is 29.4 Å². The number of aromatic nitrogens is 2. The second-order valence-electron chi connectivity index (χ2n) is 6.85. The second-order valence-corrected chi connectivity index (χ2v) is 6.85. The van der Waals surface area contributed by atoms with Gasteiger partial charge < -0.3 is 20.7 Å². The molecular formula is C18H26N6O2. The lowest BCUT2D eigenvalue weighted by molar-refractivity contribution is -0.115. The highest BCUT2D eigenvalue weighted by molar-refractivity contribution is 6.03. The largest absolute Gasteiger partial charge is 0.460 e. The number of amides is 1. The lowest BCUT2D eigenvalue weighted by Gasteiger charge is -2.31. The molecule has 1 amide bonds. The molecule has 0 saturated heterocycles. The van der Waals surface area contributed by atoms with Crippen molar-refractivity contribution in [3.63, 3.8) is 0 Å². The average molecular weight is 358 g/mol. The van der Waals surface area contributed by atoms with Crippen molar-refractivity contribution in [1.29, 1.82) is 0 Å². The number of fused-ring (bicyclic) bond motifs is 1. The van der Waals surface area contributed by atoms with E-state index in [0.29, 0.717) is 24.1 Å². The van der Waals surface area contributed by atoms with Crippen molar-refractivity contribution in [2.75, 3.05) is 29.0 Å². The van der Waals surface area contributed by atoms with Crippen LogP contribution in [-0.2, 0) is 4.79 Å². The Kier molecular flexibility index (Phi) is 5.39. The van der Waals surface area contributed by atoms with Gasteiger partial charge in [0.1, 0.15) is 5.69 Å². The summed E-state index contributed by atoms with van der Waals surface area (Å²) in [6.07, 6.45) is 6.82. The lowest BCUT2D eigenvalue weighted by Crippen LogP contribution is -2.41. The van der Waals surface area contributed by atoms with Crippen LogP contribution in [0, 0.1) is 0 Å². The SMILES string of the molecule is CCCC(C)Oc1nc(N)c2c(n1)N(CC1=CCC(C)N=C1)CC(=O)N2. The first-order chi connectivity index (χ1) is 12.5. The molecule has 3 N–H and O–H groups in total. The number of aliphatic imine (C=N–C) groups is 1. The number of nitrogens with zero attached hydrogens (tertiary/aromatic N) is 4. The minimum Gasteiger partial charge on any atom is -0.460 e. The van der Waals surface area contributed by atoms with E-state index in [9.17, 15) is 4.79 Å². The highest BCUT2D eigenvalue weighted by Gasteiger charge is 2.28. The van der Waals surface area contributed by atoms with Crippen molar-refractivity contribution in [1.82, 2.24) is 9.97 Å². The lowest BCUT2D eigenvalue weighted by atomic mass is 10.1. The quantitative estimate of drug-likeness (QED) is 0.807. The highest BCUT2D eigenvalue weighted by atomic mass is 16.5. The zero-order valence-corrected chi connectivity index (χ0v) is 15.5. The summed E-state index contributed by atoms with van der Waals surface area (Å²) in [5.74, 6) is 0.665. The molecule has 0 aliphatic carbocycles. The minimum absolute atomic E-state index is 0.00115. The van der Waals surface area contributed by atoms with Gasteiger partial charge >= 0.3 is 6.01 Å². The molecule has 1 aromatic heterocycles. The molecule has 2 aliphatic rings. The molecule has 3 heterocycles. The van der Waals surface area contributed by atoms with Crippen molar-refractivity contribution in [3.8, 4) is 6.01 Å². The van der Waals surface area contributed by atoms with E-state index in [4.69, 9.17) is 10.5 Å². The Balaban J connectivity index is 1.86. The predicted octanol–water partition coefficient (Wildman–Crippen LogP) is 2.17. The van der Waals surface area contributed by atoms with Crippen LogP contribution in [0.25, 0.3) is 0 Å². The van der Waals surface area contributed by atoms with E-state index < -0.39 is 0 Å². The standard InChI is InChI=1S/C18H26N6O2/c1-4-5-12(3)26-18-22-16(19)15-17(23-18)24(10-14(25)21-15)9-13-7-6-11(2)20-8-13/h7-8,11-12H,4-6,9-10H2,1-3H3,(H,21,25)(H2,19,22,23). The predicted molar refractivity (Wildman–Crippen MR) is 103 cm³/mol. The number of nitrogens with two attached hydrogens (primary N) is 1. The molecule has 0 saturated carbocycles. The first-order valence-electron chi connectivity index (χ1n) is 9.07. The second kappa shape index (κ2) is 7.72. The van der Waals surface area contributed by atoms with Gasteiger partial charge in [-0.25, -0.2) is 0 Å². The van der Waals surface area contributed by atoms with Crippen LogP contribution in [0.3, 0.4) is 0 Å². The van der Waals surface area contributed by atoms with E-state index in [1.54, 1.807) is 0 Å². The summed E-state index contributed by atoms with van der Waals surface area (Å²) in [7, 11) is 0. The van der Waals surface area contributed by atoms with Crippen LogP contribution in [0.15, 0.2) is 16.6 Å². The third-order valence-electron chi connectivity index (χ3n) is 4.39. The molecular weight excluding hydrogens is 332 g/mol. The number of anilines is 3. The van der Waals surface area contributed by atoms with Crippen LogP contribution in [-0.4, -0.2) is 47.3 Å². The molecule has 8 heteroatoms. The van der Waals surface area contributed by atoms with Gasteiger partial charge in [0.2, 0.25) is 5.91 Å². The molecule has 8 nitrogen and oxygen atoms in total. The van der Waals surface area contributed by atoms with E-state index in [2.05, 4.69) is 40.2 Å². The molecule has 0 fully saturated rings.